The standard InChI is InChI=1S/C23H31N5O4/c1-14(2)7-18-21(30)25-11-23(12-32-13-23)26-10-20(29)27-19(22(31)28-18)8-15-9-24-17-6-4-3-5-16(15)17/h3-6,9,14,18-19,24,26H,7-8,10-13H2,1-2H3,(H,25,30)(H,27,29)(H,28,31). The number of hydrogen-bond acceptors (Lipinski definition) is 5. The highest BCUT2D eigenvalue weighted by Gasteiger charge is 2.40. The number of aromatic amines is 1. The van der Waals surface area contributed by atoms with E-state index in [1.165, 1.54) is 0 Å². The Morgan fingerprint density at radius 1 is 1.06 bits per heavy atom. The van der Waals surface area contributed by atoms with E-state index in [9.17, 15) is 14.4 Å². The number of nitrogens with one attached hydrogen (secondary N) is 5. The van der Waals surface area contributed by atoms with E-state index in [4.69, 9.17) is 4.74 Å². The number of carbonyl (C=O) groups is 3. The summed E-state index contributed by atoms with van der Waals surface area (Å²) in [6.07, 6.45) is 2.67. The first kappa shape index (κ1) is 22.3. The van der Waals surface area contributed by atoms with Crippen LogP contribution in [0.5, 0.6) is 0 Å². The van der Waals surface area contributed by atoms with Crippen LogP contribution in [0.15, 0.2) is 30.5 Å². The van der Waals surface area contributed by atoms with Gasteiger partial charge in [0.2, 0.25) is 17.7 Å². The van der Waals surface area contributed by atoms with Gasteiger partial charge in [0.1, 0.15) is 12.1 Å². The van der Waals surface area contributed by atoms with E-state index in [2.05, 4.69) is 26.3 Å². The highest BCUT2D eigenvalue weighted by Crippen LogP contribution is 2.20. The fraction of sp³-hybridized carbons (Fsp3) is 0.522. The number of benzene rings is 1. The molecule has 0 radical (unpaired) electrons. The zero-order valence-electron chi connectivity index (χ0n) is 18.5. The van der Waals surface area contributed by atoms with Gasteiger partial charge in [-0.15, -0.1) is 0 Å². The maximum atomic E-state index is 13.2. The van der Waals surface area contributed by atoms with Gasteiger partial charge in [0.05, 0.1) is 25.3 Å². The molecule has 2 unspecified atom stereocenters. The molecule has 172 valence electrons. The van der Waals surface area contributed by atoms with E-state index in [1.54, 1.807) is 0 Å². The van der Waals surface area contributed by atoms with E-state index in [0.717, 1.165) is 16.5 Å². The Bertz CT molecular complexity index is 997. The van der Waals surface area contributed by atoms with Crippen LogP contribution in [0.25, 0.3) is 10.9 Å². The summed E-state index contributed by atoms with van der Waals surface area (Å²) in [6, 6.07) is 6.33. The van der Waals surface area contributed by atoms with E-state index < -0.39 is 17.6 Å². The van der Waals surface area contributed by atoms with Crippen molar-refractivity contribution in [1.29, 1.82) is 0 Å². The van der Waals surface area contributed by atoms with Crippen LogP contribution in [-0.4, -0.2) is 66.6 Å². The lowest BCUT2D eigenvalue weighted by atomic mass is 9.96. The van der Waals surface area contributed by atoms with Gasteiger partial charge in [-0.05, 0) is 24.0 Å². The van der Waals surface area contributed by atoms with E-state index in [1.807, 2.05) is 44.3 Å². The third-order valence-electron chi connectivity index (χ3n) is 6.07. The molecule has 2 aromatic rings. The zero-order valence-corrected chi connectivity index (χ0v) is 18.5. The number of hydrogen-bond donors (Lipinski definition) is 5. The smallest absolute Gasteiger partial charge is 0.243 e. The second-order valence-corrected chi connectivity index (χ2v) is 9.22. The van der Waals surface area contributed by atoms with Gasteiger partial charge in [-0.2, -0.15) is 0 Å². The Labute approximate surface area is 187 Å². The number of aromatic nitrogens is 1. The van der Waals surface area contributed by atoms with Gasteiger partial charge in [-0.1, -0.05) is 32.0 Å². The molecule has 1 aromatic heterocycles. The highest BCUT2D eigenvalue weighted by atomic mass is 16.5. The van der Waals surface area contributed by atoms with Crippen LogP contribution in [0.4, 0.5) is 0 Å². The molecule has 3 amide bonds. The zero-order chi connectivity index (χ0) is 22.7. The Morgan fingerprint density at radius 3 is 2.56 bits per heavy atom. The van der Waals surface area contributed by atoms with Crippen molar-refractivity contribution in [2.75, 3.05) is 26.3 Å². The molecule has 2 saturated heterocycles. The number of ether oxygens (including phenoxy) is 1. The van der Waals surface area contributed by atoms with Crippen LogP contribution >= 0.6 is 0 Å². The maximum Gasteiger partial charge on any atom is 0.243 e. The van der Waals surface area contributed by atoms with Gasteiger partial charge in [0.25, 0.3) is 0 Å². The summed E-state index contributed by atoms with van der Waals surface area (Å²) >= 11 is 0. The Balaban J connectivity index is 1.58. The molecule has 2 aliphatic rings. The van der Waals surface area contributed by atoms with Crippen molar-refractivity contribution in [3.63, 3.8) is 0 Å². The molecule has 2 fully saturated rings. The van der Waals surface area contributed by atoms with E-state index in [-0.39, 0.29) is 30.2 Å². The third-order valence-corrected chi connectivity index (χ3v) is 6.07. The quantitative estimate of drug-likeness (QED) is 0.464. The molecule has 0 bridgehead atoms. The van der Waals surface area contributed by atoms with E-state index in [0.29, 0.717) is 32.6 Å². The average molecular weight is 442 g/mol. The number of H-pyrrole nitrogens is 1. The summed E-state index contributed by atoms with van der Waals surface area (Å²) in [6.45, 7) is 5.21. The van der Waals surface area contributed by atoms with Gasteiger partial charge in [-0.3, -0.25) is 19.7 Å². The predicted octanol–water partition coefficient (Wildman–Crippen LogP) is 0.215. The first-order chi connectivity index (χ1) is 15.3. The van der Waals surface area contributed by atoms with Crippen LogP contribution in [0.3, 0.4) is 0 Å². The number of para-hydroxylation sites is 1. The molecule has 5 N–H and O–H groups in total. The molecule has 1 spiro atoms. The molecular weight excluding hydrogens is 410 g/mol. The van der Waals surface area contributed by atoms with Crippen molar-refractivity contribution < 1.29 is 19.1 Å². The van der Waals surface area contributed by atoms with Gasteiger partial charge in [0, 0.05) is 30.1 Å². The fourth-order valence-corrected chi connectivity index (χ4v) is 4.21. The molecule has 0 aliphatic carbocycles. The van der Waals surface area contributed by atoms with Crippen molar-refractivity contribution in [3.05, 3.63) is 36.0 Å². The second kappa shape index (κ2) is 9.30. The number of fused-ring (bicyclic) bond motifs is 1. The highest BCUT2D eigenvalue weighted by molar-refractivity contribution is 5.93. The molecule has 9 nitrogen and oxygen atoms in total. The van der Waals surface area contributed by atoms with Gasteiger partial charge in [0.15, 0.2) is 0 Å². The van der Waals surface area contributed by atoms with Gasteiger partial charge in [-0.25, -0.2) is 0 Å². The number of amides is 3. The van der Waals surface area contributed by atoms with E-state index >= 15 is 0 Å². The number of rotatable bonds is 4. The van der Waals surface area contributed by atoms with Crippen LogP contribution < -0.4 is 21.3 Å². The topological polar surface area (TPSA) is 124 Å². The summed E-state index contributed by atoms with van der Waals surface area (Å²) in [5, 5.41) is 12.9. The lowest BCUT2D eigenvalue weighted by Crippen LogP contribution is -2.69. The van der Waals surface area contributed by atoms with Crippen LogP contribution in [0.1, 0.15) is 25.8 Å². The maximum absolute atomic E-state index is 13.2. The van der Waals surface area contributed by atoms with Crippen molar-refractivity contribution in [1.82, 2.24) is 26.3 Å². The van der Waals surface area contributed by atoms with Crippen LogP contribution in [-0.2, 0) is 25.5 Å². The summed E-state index contributed by atoms with van der Waals surface area (Å²) in [5.74, 6) is -0.659. The Hall–Kier alpha value is -2.91. The lowest BCUT2D eigenvalue weighted by Gasteiger charge is -2.42. The summed E-state index contributed by atoms with van der Waals surface area (Å²) < 4.78 is 5.33. The van der Waals surface area contributed by atoms with Gasteiger partial charge < -0.3 is 25.7 Å². The average Bonchev–Trinajstić information content (AvgIpc) is 3.13. The first-order valence-electron chi connectivity index (χ1n) is 11.1. The largest absolute Gasteiger partial charge is 0.377 e. The second-order valence-electron chi connectivity index (χ2n) is 9.22. The van der Waals surface area contributed by atoms with Crippen LogP contribution in [0.2, 0.25) is 0 Å². The molecule has 2 aliphatic heterocycles. The normalized spacial score (nSPS) is 24.3. The summed E-state index contributed by atoms with van der Waals surface area (Å²) in [7, 11) is 0. The predicted molar refractivity (Wildman–Crippen MR) is 120 cm³/mol. The molecule has 32 heavy (non-hydrogen) atoms. The van der Waals surface area contributed by atoms with Crippen molar-refractivity contribution in [3.8, 4) is 0 Å². The molecule has 4 rings (SSSR count). The minimum absolute atomic E-state index is 0.0340. The lowest BCUT2D eigenvalue weighted by molar-refractivity contribution is -0.134. The monoisotopic (exact) mass is 441 g/mol. The molecule has 9 heteroatoms. The SMILES string of the molecule is CC(C)CC1NC(=O)C(Cc2c[nH]c3ccccc23)NC(=O)CNC2(CNC1=O)COC2. The first-order valence-corrected chi connectivity index (χ1v) is 11.1. The van der Waals surface area contributed by atoms with Crippen molar-refractivity contribution >= 4 is 28.6 Å². The molecule has 0 saturated carbocycles. The molecule has 3 heterocycles. The van der Waals surface area contributed by atoms with Crippen molar-refractivity contribution in [2.45, 2.75) is 44.3 Å². The molecule has 2 atom stereocenters. The van der Waals surface area contributed by atoms with Crippen LogP contribution in [0, 0.1) is 5.92 Å². The summed E-state index contributed by atoms with van der Waals surface area (Å²) in [4.78, 5) is 42.0. The molecule has 1 aromatic carbocycles. The minimum Gasteiger partial charge on any atom is -0.377 e. The minimum atomic E-state index is -0.806. The number of carbonyl (C=O) groups excluding carboxylic acids is 3. The Morgan fingerprint density at radius 2 is 1.84 bits per heavy atom. The van der Waals surface area contributed by atoms with Crippen molar-refractivity contribution in [2.24, 2.45) is 5.92 Å². The summed E-state index contributed by atoms with van der Waals surface area (Å²) in [5.41, 5.74) is 1.42. The third kappa shape index (κ3) is 4.94. The van der Waals surface area contributed by atoms with Gasteiger partial charge >= 0.3 is 0 Å². The molecular formula is C23H31N5O4. The fourth-order valence-electron chi connectivity index (χ4n) is 4.21. The Kier molecular flexibility index (Phi) is 6.48.